The molecule has 0 spiro atoms. The Morgan fingerprint density at radius 3 is 2.04 bits per heavy atom. The molecule has 3 saturated heterocycles. The monoisotopic (exact) mass is 1010 g/mol. The highest BCUT2D eigenvalue weighted by Crippen LogP contribution is 2.31. The number of H-pyrrole nitrogens is 1. The summed E-state index contributed by atoms with van der Waals surface area (Å²) in [7, 11) is -0.277. The van der Waals surface area contributed by atoms with E-state index < -0.39 is 17.3 Å². The van der Waals surface area contributed by atoms with Crippen molar-refractivity contribution in [3.05, 3.63) is 158 Å². The minimum atomic E-state index is -1.89. The third-order valence-corrected chi connectivity index (χ3v) is 16.9. The van der Waals surface area contributed by atoms with E-state index in [9.17, 15) is 34.5 Å². The van der Waals surface area contributed by atoms with Crippen molar-refractivity contribution in [3.8, 4) is 11.5 Å². The normalized spacial score (nSPS) is 17.6. The number of fused-ring (bicyclic) bond motifs is 1. The molecule has 3 aliphatic heterocycles. The second-order valence-corrected chi connectivity index (χ2v) is 22.1. The highest BCUT2D eigenvalue weighted by atomic mass is 32.1. The summed E-state index contributed by atoms with van der Waals surface area (Å²) in [4.78, 5) is 62.8. The summed E-state index contributed by atoms with van der Waals surface area (Å²) in [5, 5.41) is 36.3. The number of phenolic OH excluding ortho intramolecular Hbond substituents is 1. The van der Waals surface area contributed by atoms with Crippen LogP contribution >= 0.6 is 11.3 Å². The maximum absolute atomic E-state index is 14.0. The Morgan fingerprint density at radius 1 is 0.736 bits per heavy atom. The molecule has 14 nitrogen and oxygen atoms in total. The van der Waals surface area contributed by atoms with Crippen molar-refractivity contribution in [1.29, 1.82) is 0 Å². The number of carbonyl (C=O) groups excluding carboxylic acids is 3. The number of amides is 2. The van der Waals surface area contributed by atoms with Gasteiger partial charge in [-0.05, 0) is 129 Å². The number of hydrogen-bond donors (Lipinski definition) is 5. The van der Waals surface area contributed by atoms with E-state index in [1.54, 1.807) is 42.5 Å². The number of piperidine rings is 3. The molecule has 2 amide bonds. The third-order valence-electron chi connectivity index (χ3n) is 14.4. The predicted molar refractivity (Wildman–Crippen MR) is 279 cm³/mol. The van der Waals surface area contributed by atoms with Gasteiger partial charge in [0.05, 0.1) is 34.6 Å². The number of hydrogen-bond acceptors (Lipinski definition) is 12. The minimum Gasteiger partial charge on any atom is -0.506 e. The lowest BCUT2D eigenvalue weighted by molar-refractivity contribution is -0.160. The number of aliphatic hydroxyl groups excluding tert-OH is 1. The van der Waals surface area contributed by atoms with E-state index in [0.29, 0.717) is 89.3 Å². The summed E-state index contributed by atoms with van der Waals surface area (Å²) in [6.07, 6.45) is 4.10. The van der Waals surface area contributed by atoms with Crippen molar-refractivity contribution in [3.63, 3.8) is 0 Å². The van der Waals surface area contributed by atoms with E-state index in [0.717, 1.165) is 63.3 Å². The average molecular weight is 1010 g/mol. The van der Waals surface area contributed by atoms with Crippen LogP contribution in [-0.2, 0) is 21.3 Å². The van der Waals surface area contributed by atoms with E-state index in [-0.39, 0.29) is 51.1 Å². The summed E-state index contributed by atoms with van der Waals surface area (Å²) in [5.74, 6) is 0.435. The first-order valence-electron chi connectivity index (χ1n) is 25.1. The second kappa shape index (κ2) is 23.6. The molecule has 0 unspecified atom stereocenters. The van der Waals surface area contributed by atoms with Gasteiger partial charge >= 0.3 is 5.97 Å². The minimum absolute atomic E-state index is 0.0519. The number of ether oxygens (including phenoxy) is 2. The average Bonchev–Trinajstić information content (AvgIpc) is 3.91. The quantitative estimate of drug-likeness (QED) is 0.0501. The highest BCUT2D eigenvalue weighted by molar-refractivity contribution is 7.15. The van der Waals surface area contributed by atoms with Gasteiger partial charge in [0, 0.05) is 50.7 Å². The fourth-order valence-corrected chi connectivity index (χ4v) is 12.2. The van der Waals surface area contributed by atoms with Crippen LogP contribution in [0.2, 0.25) is 0 Å². The molecule has 5 heterocycles. The molecule has 5 N–H and O–H groups in total. The topological polar surface area (TPSA) is 185 Å². The standard InChI is InChI=1S/C56H63N5O9SSi/c62-47-16-14-45(46-15-19-51(64)58-52(46)47)48(63)34-57-33-38-22-28-60(29-23-38)53(65)49-17-18-50(71-49)54(66)61-30-24-41(25-31-61)36-69-43-11-7-10-42(32-43)56(68,72-44-12-5-2-6-13-44)55(67)70-37-40-20-26-59(27-21-40)35-39-8-3-1-4-9-39/h1-19,32,38,40-41,48,57,62-63,68H,20-31,33-37H2,(H,58,64)/t48-,56+/m0/s1. The number of pyridine rings is 1. The molecule has 4 aromatic carbocycles. The first-order valence-corrected chi connectivity index (χ1v) is 26.9. The maximum Gasteiger partial charge on any atom is 0.338 e. The van der Waals surface area contributed by atoms with Gasteiger partial charge in [0.1, 0.15) is 21.0 Å². The van der Waals surface area contributed by atoms with E-state index in [4.69, 9.17) is 9.47 Å². The fourth-order valence-electron chi connectivity index (χ4n) is 10.1. The lowest BCUT2D eigenvalue weighted by Crippen LogP contribution is -2.48. The molecule has 0 aliphatic carbocycles. The van der Waals surface area contributed by atoms with Crippen molar-refractivity contribution in [2.24, 2.45) is 17.8 Å². The molecule has 3 fully saturated rings. The number of aromatic amines is 1. The van der Waals surface area contributed by atoms with Crippen molar-refractivity contribution in [2.75, 3.05) is 65.6 Å². The molecule has 0 bridgehead atoms. The van der Waals surface area contributed by atoms with Crippen molar-refractivity contribution >= 4 is 54.7 Å². The number of esters is 1. The third kappa shape index (κ3) is 12.5. The van der Waals surface area contributed by atoms with Gasteiger partial charge in [-0.3, -0.25) is 19.3 Å². The molecule has 6 aromatic rings. The molecule has 2 aromatic heterocycles. The smallest absolute Gasteiger partial charge is 0.338 e. The Bertz CT molecular complexity index is 2840. The molecule has 72 heavy (non-hydrogen) atoms. The van der Waals surface area contributed by atoms with Crippen LogP contribution < -0.4 is 20.8 Å². The Balaban J connectivity index is 0.713. The van der Waals surface area contributed by atoms with Gasteiger partial charge in [0.2, 0.25) is 5.56 Å². The molecule has 0 saturated carbocycles. The van der Waals surface area contributed by atoms with Gasteiger partial charge in [0.15, 0.2) is 5.22 Å². The molecule has 9 rings (SSSR count). The van der Waals surface area contributed by atoms with E-state index >= 15 is 0 Å². The zero-order chi connectivity index (χ0) is 50.0. The zero-order valence-corrected chi connectivity index (χ0v) is 42.2. The van der Waals surface area contributed by atoms with Gasteiger partial charge in [-0.2, -0.15) is 0 Å². The molecule has 16 heteroatoms. The Hall–Kier alpha value is -6.14. The number of benzene rings is 4. The lowest BCUT2D eigenvalue weighted by Gasteiger charge is -2.33. The van der Waals surface area contributed by atoms with Gasteiger partial charge in [-0.1, -0.05) is 84.0 Å². The highest BCUT2D eigenvalue weighted by Gasteiger charge is 2.41. The number of phenols is 1. The molecule has 376 valence electrons. The van der Waals surface area contributed by atoms with Crippen LogP contribution in [-0.4, -0.2) is 128 Å². The number of nitrogens with zero attached hydrogens (tertiary/aromatic N) is 3. The van der Waals surface area contributed by atoms with E-state index in [1.165, 1.54) is 29.0 Å². The van der Waals surface area contributed by atoms with Crippen LogP contribution in [0.25, 0.3) is 10.9 Å². The molecular formula is C56H63N5O9SSi. The molecule has 2 atom stereocenters. The first-order chi connectivity index (χ1) is 35.0. The maximum atomic E-state index is 14.0. The van der Waals surface area contributed by atoms with Crippen molar-refractivity contribution in [2.45, 2.75) is 56.4 Å². The van der Waals surface area contributed by atoms with Gasteiger partial charge in [0.25, 0.3) is 11.8 Å². The number of thiophene rings is 1. The summed E-state index contributed by atoms with van der Waals surface area (Å²) >= 11 is 1.24. The first kappa shape index (κ1) is 50.8. The predicted octanol–water partition coefficient (Wildman–Crippen LogP) is 6.03. The molecule has 3 aliphatic rings. The van der Waals surface area contributed by atoms with Crippen molar-refractivity contribution in [1.82, 2.24) is 25.0 Å². The number of aliphatic hydroxyl groups is 2. The van der Waals surface area contributed by atoms with Crippen LogP contribution in [0.15, 0.2) is 126 Å². The zero-order valence-electron chi connectivity index (χ0n) is 40.4. The summed E-state index contributed by atoms with van der Waals surface area (Å²) in [6, 6.07) is 36.7. The summed E-state index contributed by atoms with van der Waals surface area (Å²) in [6.45, 7) is 6.73. The fraction of sp³-hybridized carbons (Fsp3) is 0.393. The van der Waals surface area contributed by atoms with E-state index in [1.807, 2.05) is 52.3 Å². The Morgan fingerprint density at radius 2 is 1.36 bits per heavy atom. The summed E-state index contributed by atoms with van der Waals surface area (Å²) < 4.78 is 12.3. The van der Waals surface area contributed by atoms with Crippen LogP contribution in [0.1, 0.15) is 80.7 Å². The van der Waals surface area contributed by atoms with Crippen LogP contribution in [0.5, 0.6) is 11.5 Å². The second-order valence-electron chi connectivity index (χ2n) is 19.4. The van der Waals surface area contributed by atoms with Crippen molar-refractivity contribution < 1.29 is 39.2 Å². The number of likely N-dealkylation sites (tertiary alicyclic amines) is 3. The molecular weight excluding hydrogens is 947 g/mol. The van der Waals surface area contributed by atoms with Gasteiger partial charge in [-0.25, -0.2) is 4.79 Å². The van der Waals surface area contributed by atoms with Crippen LogP contribution in [0.3, 0.4) is 0 Å². The van der Waals surface area contributed by atoms with Gasteiger partial charge < -0.3 is 44.9 Å². The van der Waals surface area contributed by atoms with E-state index in [2.05, 4.69) is 39.5 Å². The number of nitrogens with one attached hydrogen (secondary N) is 2. The van der Waals surface area contributed by atoms with Crippen LogP contribution in [0, 0.1) is 17.8 Å². The number of aromatic hydroxyl groups is 1. The summed E-state index contributed by atoms with van der Waals surface area (Å²) in [5.41, 5.74) is 2.29. The number of aromatic nitrogens is 1. The number of carbonyl (C=O) groups is 3. The largest absolute Gasteiger partial charge is 0.506 e. The number of rotatable bonds is 18. The Kier molecular flexibility index (Phi) is 16.6. The van der Waals surface area contributed by atoms with Gasteiger partial charge in [-0.15, -0.1) is 11.3 Å². The van der Waals surface area contributed by atoms with Crippen LogP contribution in [0.4, 0.5) is 0 Å². The molecule has 2 radical (unpaired) electrons. The SMILES string of the molecule is O=C(c1ccc(C(=O)N2CCC(COc3cccc([C@@](O)([Si]c4ccccc4)C(=O)OCC4CCN(Cc5ccccc5)CC4)c3)CC2)s1)N1CCC(CNC[C@H](O)c2ccc(O)c3[nH]c(=O)ccc23)CC1. The lowest BCUT2D eigenvalue weighted by atomic mass is 9.96. The Labute approximate surface area is 426 Å².